The van der Waals surface area contributed by atoms with Crippen LogP contribution in [-0.2, 0) is 4.79 Å². The Bertz CT molecular complexity index is 363. The van der Waals surface area contributed by atoms with Crippen molar-refractivity contribution in [2.75, 3.05) is 6.61 Å². The van der Waals surface area contributed by atoms with Crippen molar-refractivity contribution in [3.63, 3.8) is 0 Å². The number of hydrogen-bond acceptors (Lipinski definition) is 3. The molecular weight excluding hydrogens is 192 g/mol. The lowest BCUT2D eigenvalue weighted by atomic mass is 10.2. The first-order valence-corrected chi connectivity index (χ1v) is 4.45. The van der Waals surface area contributed by atoms with E-state index in [0.717, 1.165) is 17.4 Å². The zero-order valence-corrected chi connectivity index (χ0v) is 8.18. The number of carbonyl (C=O) groups excluding carboxylic acids is 1. The zero-order valence-electron chi connectivity index (χ0n) is 8.18. The largest absolute Gasteiger partial charge is 0.545 e. The number of benzene rings is 1. The molecule has 0 saturated heterocycles. The third-order valence-corrected chi connectivity index (χ3v) is 1.66. The van der Waals surface area contributed by atoms with Gasteiger partial charge in [-0.3, -0.25) is 0 Å². The minimum Gasteiger partial charge on any atom is -0.545 e. The zero-order chi connectivity index (χ0) is 11.1. The molecule has 0 saturated carbocycles. The second kappa shape index (κ2) is 5.65. The van der Waals surface area contributed by atoms with Crippen LogP contribution in [0, 0.1) is 0 Å². The molecule has 0 aromatic heterocycles. The van der Waals surface area contributed by atoms with Crippen LogP contribution < -0.4 is 9.84 Å². The summed E-state index contributed by atoms with van der Waals surface area (Å²) in [4.78, 5) is 10.1. The third kappa shape index (κ3) is 4.13. The maximum atomic E-state index is 10.1. The van der Waals surface area contributed by atoms with Crippen molar-refractivity contribution in [2.45, 2.75) is 0 Å². The van der Waals surface area contributed by atoms with Gasteiger partial charge < -0.3 is 14.6 Å². The van der Waals surface area contributed by atoms with Gasteiger partial charge in [0, 0.05) is 0 Å². The van der Waals surface area contributed by atoms with Gasteiger partial charge in [0.25, 0.3) is 0 Å². The van der Waals surface area contributed by atoms with Gasteiger partial charge in [-0.05, 0) is 23.8 Å². The van der Waals surface area contributed by atoms with Crippen LogP contribution in [-0.4, -0.2) is 12.6 Å². The smallest absolute Gasteiger partial charge is 0.119 e. The summed E-state index contributed by atoms with van der Waals surface area (Å²) in [5.41, 5.74) is 0.783. The van der Waals surface area contributed by atoms with E-state index >= 15 is 0 Å². The van der Waals surface area contributed by atoms with Crippen molar-refractivity contribution in [1.82, 2.24) is 0 Å². The highest BCUT2D eigenvalue weighted by molar-refractivity contribution is 5.83. The quantitative estimate of drug-likeness (QED) is 0.530. The summed E-state index contributed by atoms with van der Waals surface area (Å²) in [7, 11) is 0. The molecule has 78 valence electrons. The Morgan fingerprint density at radius 2 is 2.07 bits per heavy atom. The normalized spacial score (nSPS) is 10.1. The molecule has 0 bridgehead atoms. The molecule has 0 N–H and O–H groups in total. The monoisotopic (exact) mass is 203 g/mol. The van der Waals surface area contributed by atoms with E-state index in [9.17, 15) is 9.90 Å². The summed E-state index contributed by atoms with van der Waals surface area (Å²) < 4.78 is 5.26. The summed E-state index contributed by atoms with van der Waals surface area (Å²) in [5, 5.41) is 10.1. The number of ether oxygens (including phenoxy) is 1. The second-order valence-corrected chi connectivity index (χ2v) is 2.82. The topological polar surface area (TPSA) is 49.4 Å². The first-order chi connectivity index (χ1) is 7.22. The Morgan fingerprint density at radius 3 is 2.60 bits per heavy atom. The summed E-state index contributed by atoms with van der Waals surface area (Å²) in [5.74, 6) is -0.484. The van der Waals surface area contributed by atoms with Gasteiger partial charge in [-0.2, -0.15) is 0 Å². The van der Waals surface area contributed by atoms with Crippen molar-refractivity contribution in [3.8, 4) is 5.75 Å². The highest BCUT2D eigenvalue weighted by Crippen LogP contribution is 2.12. The van der Waals surface area contributed by atoms with Crippen LogP contribution in [0.5, 0.6) is 5.75 Å². The first-order valence-electron chi connectivity index (χ1n) is 4.45. The lowest BCUT2D eigenvalue weighted by molar-refractivity contribution is -0.297. The minimum absolute atomic E-state index is 0.453. The highest BCUT2D eigenvalue weighted by atomic mass is 16.5. The van der Waals surface area contributed by atoms with E-state index < -0.39 is 5.97 Å². The van der Waals surface area contributed by atoms with Gasteiger partial charge in [0.05, 0.1) is 5.97 Å². The molecular formula is C12H11O3-. The average Bonchev–Trinajstić information content (AvgIpc) is 2.25. The van der Waals surface area contributed by atoms with Gasteiger partial charge in [0.2, 0.25) is 0 Å². The predicted molar refractivity (Wildman–Crippen MR) is 56.2 cm³/mol. The van der Waals surface area contributed by atoms with E-state index in [-0.39, 0.29) is 0 Å². The SMILES string of the molecule is C=CCOc1ccc(/C=C/C(=O)[O-])cc1. The fourth-order valence-corrected chi connectivity index (χ4v) is 0.995. The molecule has 0 aliphatic carbocycles. The van der Waals surface area contributed by atoms with Crippen LogP contribution in [0.25, 0.3) is 6.08 Å². The van der Waals surface area contributed by atoms with Gasteiger partial charge in [-0.15, -0.1) is 0 Å². The molecule has 1 aromatic rings. The fourth-order valence-electron chi connectivity index (χ4n) is 0.995. The van der Waals surface area contributed by atoms with Crippen molar-refractivity contribution >= 4 is 12.0 Å². The molecule has 0 amide bonds. The van der Waals surface area contributed by atoms with Crippen LogP contribution >= 0.6 is 0 Å². The van der Waals surface area contributed by atoms with E-state index in [0.29, 0.717) is 6.61 Å². The number of aliphatic carboxylic acids is 1. The van der Waals surface area contributed by atoms with Gasteiger partial charge in [0.1, 0.15) is 12.4 Å². The summed E-state index contributed by atoms with van der Waals surface area (Å²) in [6, 6.07) is 7.05. The Labute approximate surface area is 88.3 Å². The Hall–Kier alpha value is -2.03. The molecule has 3 nitrogen and oxygen atoms in total. The Kier molecular flexibility index (Phi) is 4.16. The Morgan fingerprint density at radius 1 is 1.40 bits per heavy atom. The van der Waals surface area contributed by atoms with E-state index in [2.05, 4.69) is 6.58 Å². The second-order valence-electron chi connectivity index (χ2n) is 2.82. The van der Waals surface area contributed by atoms with Gasteiger partial charge in [0.15, 0.2) is 0 Å². The van der Waals surface area contributed by atoms with E-state index in [1.165, 1.54) is 6.08 Å². The Balaban J connectivity index is 2.63. The fraction of sp³-hybridized carbons (Fsp3) is 0.0833. The molecule has 0 heterocycles. The molecule has 15 heavy (non-hydrogen) atoms. The molecule has 1 aromatic carbocycles. The molecule has 0 radical (unpaired) electrons. The van der Waals surface area contributed by atoms with E-state index in [1.54, 1.807) is 30.3 Å². The maximum absolute atomic E-state index is 10.1. The molecule has 0 spiro atoms. The maximum Gasteiger partial charge on any atom is 0.119 e. The van der Waals surface area contributed by atoms with Crippen LogP contribution in [0.1, 0.15) is 5.56 Å². The third-order valence-electron chi connectivity index (χ3n) is 1.66. The molecule has 0 unspecified atom stereocenters. The summed E-state index contributed by atoms with van der Waals surface area (Å²) in [6.45, 7) is 3.99. The van der Waals surface area contributed by atoms with Crippen LogP contribution in [0.15, 0.2) is 43.0 Å². The predicted octanol–water partition coefficient (Wildman–Crippen LogP) is 1.01. The van der Waals surface area contributed by atoms with Crippen LogP contribution in [0.4, 0.5) is 0 Å². The first kappa shape index (κ1) is 11.0. The lowest BCUT2D eigenvalue weighted by Gasteiger charge is -2.02. The molecule has 3 heteroatoms. The number of carboxylic acid groups (broad SMARTS) is 1. The van der Waals surface area contributed by atoms with Crippen molar-refractivity contribution in [3.05, 3.63) is 48.6 Å². The van der Waals surface area contributed by atoms with Crippen molar-refractivity contribution in [2.24, 2.45) is 0 Å². The number of rotatable bonds is 5. The number of hydrogen-bond donors (Lipinski definition) is 0. The number of carboxylic acids is 1. The van der Waals surface area contributed by atoms with E-state index in [4.69, 9.17) is 4.74 Å². The molecule has 0 fully saturated rings. The molecule has 0 aliphatic heterocycles. The standard InChI is InChI=1S/C12H12O3/c1-2-9-15-11-6-3-10(4-7-11)5-8-12(13)14/h2-8H,1,9H2,(H,13,14)/p-1/b8-5+. The molecule has 0 atom stereocenters. The van der Waals surface area contributed by atoms with Crippen LogP contribution in [0.3, 0.4) is 0 Å². The highest BCUT2D eigenvalue weighted by Gasteiger charge is 1.91. The minimum atomic E-state index is -1.21. The molecule has 1 rings (SSSR count). The summed E-state index contributed by atoms with van der Waals surface area (Å²) >= 11 is 0. The van der Waals surface area contributed by atoms with Gasteiger partial charge in [-0.25, -0.2) is 0 Å². The van der Waals surface area contributed by atoms with Gasteiger partial charge in [-0.1, -0.05) is 30.9 Å². The number of carbonyl (C=O) groups is 1. The summed E-state index contributed by atoms with van der Waals surface area (Å²) in [6.07, 6.45) is 4.11. The van der Waals surface area contributed by atoms with Crippen molar-refractivity contribution in [1.29, 1.82) is 0 Å². The lowest BCUT2D eigenvalue weighted by Crippen LogP contribution is -2.18. The van der Waals surface area contributed by atoms with Gasteiger partial charge >= 0.3 is 0 Å². The van der Waals surface area contributed by atoms with Crippen molar-refractivity contribution < 1.29 is 14.6 Å². The molecule has 0 aliphatic rings. The average molecular weight is 203 g/mol. The van der Waals surface area contributed by atoms with Crippen LogP contribution in [0.2, 0.25) is 0 Å². The van der Waals surface area contributed by atoms with E-state index in [1.807, 2.05) is 0 Å².